The van der Waals surface area contributed by atoms with E-state index in [-0.39, 0.29) is 5.56 Å². The standard InChI is InChI=1S/C17H17ClFNO2/c1-10-3-8-15(19)14(9-10)17(22)20-11(2)16(21)12-4-6-13(18)7-5-12/h3-9,11,16,21H,1-2H3,(H,20,22). The molecule has 2 N–H and O–H groups in total. The van der Waals surface area contributed by atoms with Crippen LogP contribution in [-0.2, 0) is 0 Å². The predicted octanol–water partition coefficient (Wildman–Crippen LogP) is 3.64. The van der Waals surface area contributed by atoms with Crippen LogP contribution in [0.25, 0.3) is 0 Å². The molecule has 2 aromatic rings. The van der Waals surface area contributed by atoms with Gasteiger partial charge in [-0.3, -0.25) is 4.79 Å². The summed E-state index contributed by atoms with van der Waals surface area (Å²) in [6.45, 7) is 3.44. The Kier molecular flexibility index (Phi) is 5.16. The number of aliphatic hydroxyl groups excluding tert-OH is 1. The molecule has 2 aromatic carbocycles. The molecule has 0 aromatic heterocycles. The first-order valence-electron chi connectivity index (χ1n) is 6.89. The first kappa shape index (κ1) is 16.5. The average Bonchev–Trinajstić information content (AvgIpc) is 2.49. The minimum absolute atomic E-state index is 0.0323. The molecular formula is C17H17ClFNO2. The Balaban J connectivity index is 2.10. The van der Waals surface area contributed by atoms with Crippen LogP contribution in [0.5, 0.6) is 0 Å². The lowest BCUT2D eigenvalue weighted by Crippen LogP contribution is -2.37. The number of benzene rings is 2. The van der Waals surface area contributed by atoms with Gasteiger partial charge in [0.25, 0.3) is 5.91 Å². The Hall–Kier alpha value is -1.91. The van der Waals surface area contributed by atoms with E-state index in [9.17, 15) is 14.3 Å². The van der Waals surface area contributed by atoms with Crippen molar-refractivity contribution in [3.05, 3.63) is 70.0 Å². The average molecular weight is 322 g/mol. The van der Waals surface area contributed by atoms with Gasteiger partial charge in [0.1, 0.15) is 5.82 Å². The third-order valence-electron chi connectivity index (χ3n) is 3.41. The van der Waals surface area contributed by atoms with E-state index in [1.54, 1.807) is 44.2 Å². The summed E-state index contributed by atoms with van der Waals surface area (Å²) in [5.41, 5.74) is 1.38. The summed E-state index contributed by atoms with van der Waals surface area (Å²) in [6, 6.07) is 10.4. The highest BCUT2D eigenvalue weighted by atomic mass is 35.5. The molecule has 0 fully saturated rings. The number of halogens is 2. The van der Waals surface area contributed by atoms with Crippen LogP contribution in [0, 0.1) is 12.7 Å². The molecule has 1 amide bonds. The zero-order valence-corrected chi connectivity index (χ0v) is 13.1. The van der Waals surface area contributed by atoms with Gasteiger partial charge in [-0.15, -0.1) is 0 Å². The fourth-order valence-corrected chi connectivity index (χ4v) is 2.25. The molecule has 0 saturated heterocycles. The van der Waals surface area contributed by atoms with Crippen molar-refractivity contribution in [2.24, 2.45) is 0 Å². The maximum Gasteiger partial charge on any atom is 0.254 e. The number of aryl methyl sites for hydroxylation is 1. The molecule has 0 bridgehead atoms. The van der Waals surface area contributed by atoms with E-state index in [1.807, 2.05) is 0 Å². The lowest BCUT2D eigenvalue weighted by molar-refractivity contribution is 0.0848. The fraction of sp³-hybridized carbons (Fsp3) is 0.235. The molecule has 0 aliphatic carbocycles. The second-order valence-electron chi connectivity index (χ2n) is 5.24. The molecule has 0 heterocycles. The molecule has 0 saturated carbocycles. The third kappa shape index (κ3) is 3.84. The number of nitrogens with one attached hydrogen (secondary N) is 1. The zero-order chi connectivity index (χ0) is 16.3. The number of hydrogen-bond donors (Lipinski definition) is 2. The molecule has 0 aliphatic rings. The Morgan fingerprint density at radius 3 is 2.50 bits per heavy atom. The van der Waals surface area contributed by atoms with Gasteiger partial charge in [0.05, 0.1) is 17.7 Å². The van der Waals surface area contributed by atoms with E-state index < -0.39 is 23.9 Å². The predicted molar refractivity (Wildman–Crippen MR) is 84.5 cm³/mol. The second kappa shape index (κ2) is 6.90. The topological polar surface area (TPSA) is 49.3 Å². The van der Waals surface area contributed by atoms with Crippen molar-refractivity contribution in [2.75, 3.05) is 0 Å². The maximum atomic E-state index is 13.7. The zero-order valence-electron chi connectivity index (χ0n) is 12.3. The van der Waals surface area contributed by atoms with E-state index in [0.29, 0.717) is 10.6 Å². The summed E-state index contributed by atoms with van der Waals surface area (Å²) in [4.78, 5) is 12.1. The summed E-state index contributed by atoms with van der Waals surface area (Å²) in [5.74, 6) is -1.14. The fourth-order valence-electron chi connectivity index (χ4n) is 2.13. The summed E-state index contributed by atoms with van der Waals surface area (Å²) in [7, 11) is 0. The molecule has 3 nitrogen and oxygen atoms in total. The minimum atomic E-state index is -0.908. The van der Waals surface area contributed by atoms with Crippen LogP contribution in [0.3, 0.4) is 0 Å². The van der Waals surface area contributed by atoms with Crippen LogP contribution in [0.4, 0.5) is 4.39 Å². The SMILES string of the molecule is Cc1ccc(F)c(C(=O)NC(C)C(O)c2ccc(Cl)cc2)c1. The van der Waals surface area contributed by atoms with Gasteiger partial charge >= 0.3 is 0 Å². The maximum absolute atomic E-state index is 13.7. The number of rotatable bonds is 4. The van der Waals surface area contributed by atoms with Crippen molar-refractivity contribution >= 4 is 17.5 Å². The lowest BCUT2D eigenvalue weighted by Gasteiger charge is -2.21. The van der Waals surface area contributed by atoms with Crippen molar-refractivity contribution in [2.45, 2.75) is 26.0 Å². The summed E-state index contributed by atoms with van der Waals surface area (Å²) in [6.07, 6.45) is -0.908. The summed E-state index contributed by atoms with van der Waals surface area (Å²) >= 11 is 5.80. The highest BCUT2D eigenvalue weighted by Crippen LogP contribution is 2.20. The molecule has 2 unspecified atom stereocenters. The first-order valence-corrected chi connectivity index (χ1v) is 7.27. The molecule has 2 atom stereocenters. The van der Waals surface area contributed by atoms with E-state index in [0.717, 1.165) is 5.56 Å². The Bertz CT molecular complexity index is 673. The van der Waals surface area contributed by atoms with Gasteiger partial charge in [0.15, 0.2) is 0 Å². The van der Waals surface area contributed by atoms with Crippen LogP contribution in [0.15, 0.2) is 42.5 Å². The van der Waals surface area contributed by atoms with Gasteiger partial charge in [0, 0.05) is 5.02 Å². The quantitative estimate of drug-likeness (QED) is 0.903. The number of carbonyl (C=O) groups is 1. The highest BCUT2D eigenvalue weighted by molar-refractivity contribution is 6.30. The van der Waals surface area contributed by atoms with Crippen molar-refractivity contribution in [3.8, 4) is 0 Å². The highest BCUT2D eigenvalue weighted by Gasteiger charge is 2.20. The van der Waals surface area contributed by atoms with Crippen LogP contribution in [-0.4, -0.2) is 17.1 Å². The minimum Gasteiger partial charge on any atom is -0.386 e. The molecule has 0 spiro atoms. The molecular weight excluding hydrogens is 305 g/mol. The van der Waals surface area contributed by atoms with Crippen LogP contribution < -0.4 is 5.32 Å². The molecule has 2 rings (SSSR count). The Labute approximate surface area is 133 Å². The molecule has 5 heteroatoms. The summed E-state index contributed by atoms with van der Waals surface area (Å²) < 4.78 is 13.7. The Morgan fingerprint density at radius 1 is 1.23 bits per heavy atom. The van der Waals surface area contributed by atoms with E-state index >= 15 is 0 Å². The van der Waals surface area contributed by atoms with Gasteiger partial charge in [-0.05, 0) is 43.7 Å². The van der Waals surface area contributed by atoms with Crippen LogP contribution in [0.1, 0.15) is 34.5 Å². The Morgan fingerprint density at radius 2 is 1.86 bits per heavy atom. The molecule has 116 valence electrons. The number of hydrogen-bond acceptors (Lipinski definition) is 2. The van der Waals surface area contributed by atoms with Gasteiger partial charge in [0.2, 0.25) is 0 Å². The van der Waals surface area contributed by atoms with Gasteiger partial charge < -0.3 is 10.4 Å². The van der Waals surface area contributed by atoms with Crippen molar-refractivity contribution in [3.63, 3.8) is 0 Å². The largest absolute Gasteiger partial charge is 0.386 e. The van der Waals surface area contributed by atoms with E-state index in [2.05, 4.69) is 5.32 Å². The first-order chi connectivity index (χ1) is 10.4. The van der Waals surface area contributed by atoms with Gasteiger partial charge in [-0.1, -0.05) is 35.4 Å². The number of carbonyl (C=O) groups excluding carboxylic acids is 1. The third-order valence-corrected chi connectivity index (χ3v) is 3.66. The molecule has 0 radical (unpaired) electrons. The van der Waals surface area contributed by atoms with E-state index in [1.165, 1.54) is 12.1 Å². The van der Waals surface area contributed by atoms with Crippen molar-refractivity contribution < 1.29 is 14.3 Å². The number of amides is 1. The molecule has 22 heavy (non-hydrogen) atoms. The van der Waals surface area contributed by atoms with Crippen molar-refractivity contribution in [1.82, 2.24) is 5.32 Å². The second-order valence-corrected chi connectivity index (χ2v) is 5.68. The van der Waals surface area contributed by atoms with Crippen molar-refractivity contribution in [1.29, 1.82) is 0 Å². The normalized spacial score (nSPS) is 13.5. The van der Waals surface area contributed by atoms with Crippen LogP contribution in [0.2, 0.25) is 5.02 Å². The number of aliphatic hydroxyl groups is 1. The smallest absolute Gasteiger partial charge is 0.254 e. The summed E-state index contributed by atoms with van der Waals surface area (Å²) in [5, 5.41) is 13.4. The van der Waals surface area contributed by atoms with E-state index in [4.69, 9.17) is 11.6 Å². The molecule has 0 aliphatic heterocycles. The van der Waals surface area contributed by atoms with Crippen LogP contribution >= 0.6 is 11.6 Å². The lowest BCUT2D eigenvalue weighted by atomic mass is 10.0. The monoisotopic (exact) mass is 321 g/mol. The van der Waals surface area contributed by atoms with Gasteiger partial charge in [-0.2, -0.15) is 0 Å². The van der Waals surface area contributed by atoms with Gasteiger partial charge in [-0.25, -0.2) is 4.39 Å².